The fourth-order valence-corrected chi connectivity index (χ4v) is 2.64. The monoisotopic (exact) mass is 382 g/mol. The fourth-order valence-electron chi connectivity index (χ4n) is 2.64. The Kier molecular flexibility index (Phi) is 4.86. The van der Waals surface area contributed by atoms with Gasteiger partial charge in [0.05, 0.1) is 26.9 Å². The van der Waals surface area contributed by atoms with Gasteiger partial charge in [-0.1, -0.05) is 31.2 Å². The van der Waals surface area contributed by atoms with E-state index in [0.717, 1.165) is 30.2 Å². The number of aryl methyl sites for hydroxylation is 1. The molecule has 0 fully saturated rings. The minimum absolute atomic E-state index is 0.0164. The van der Waals surface area contributed by atoms with E-state index in [1.54, 1.807) is 12.1 Å². The number of nitro benzene ring substituents is 2. The topological polar surface area (TPSA) is 152 Å². The van der Waals surface area contributed by atoms with E-state index >= 15 is 0 Å². The van der Waals surface area contributed by atoms with Crippen LogP contribution in [-0.4, -0.2) is 24.9 Å². The van der Waals surface area contributed by atoms with E-state index < -0.39 is 26.8 Å². The van der Waals surface area contributed by atoms with Gasteiger partial charge in [0, 0.05) is 17.7 Å². The zero-order valence-electron chi connectivity index (χ0n) is 14.6. The molecule has 1 heterocycles. The number of aliphatic hydroxyl groups is 1. The quantitative estimate of drug-likeness (QED) is 0.390. The van der Waals surface area contributed by atoms with Crippen LogP contribution in [0.4, 0.5) is 11.4 Å². The Morgan fingerprint density at radius 2 is 1.75 bits per heavy atom. The summed E-state index contributed by atoms with van der Waals surface area (Å²) in [7, 11) is 0. The lowest BCUT2D eigenvalue weighted by molar-refractivity contribution is -0.422. The summed E-state index contributed by atoms with van der Waals surface area (Å²) in [6, 6.07) is 8.84. The predicted molar refractivity (Wildman–Crippen MR) is 102 cm³/mol. The first-order chi connectivity index (χ1) is 13.3. The smallest absolute Gasteiger partial charge is 0.348 e. The van der Waals surface area contributed by atoms with Crippen molar-refractivity contribution in [3.63, 3.8) is 0 Å². The van der Waals surface area contributed by atoms with Gasteiger partial charge in [-0.3, -0.25) is 25.0 Å². The van der Waals surface area contributed by atoms with Crippen LogP contribution in [0.5, 0.6) is 0 Å². The molecule has 10 heteroatoms. The highest BCUT2D eigenvalue weighted by Crippen LogP contribution is 2.30. The number of rotatable bonds is 5. The van der Waals surface area contributed by atoms with Crippen molar-refractivity contribution < 1.29 is 15.0 Å². The van der Waals surface area contributed by atoms with Gasteiger partial charge in [-0.2, -0.15) is 0 Å². The molecule has 1 aromatic heterocycles. The van der Waals surface area contributed by atoms with Crippen LogP contribution in [0.2, 0.25) is 0 Å². The number of aromatic nitrogens is 2. The number of fused-ring (bicyclic) bond motifs is 1. The van der Waals surface area contributed by atoms with Gasteiger partial charge < -0.3 is 10.1 Å². The number of hydrogen-bond acceptors (Lipinski definition) is 7. The minimum atomic E-state index is -0.907. The van der Waals surface area contributed by atoms with Gasteiger partial charge in [0.15, 0.2) is 0 Å². The van der Waals surface area contributed by atoms with Crippen molar-refractivity contribution in [2.24, 2.45) is 0 Å². The summed E-state index contributed by atoms with van der Waals surface area (Å²) in [6.45, 7) is 1.99. The molecule has 0 bridgehead atoms. The highest BCUT2D eigenvalue weighted by Gasteiger charge is 2.25. The van der Waals surface area contributed by atoms with Crippen molar-refractivity contribution in [3.05, 3.63) is 83.8 Å². The van der Waals surface area contributed by atoms with Crippen molar-refractivity contribution in [1.29, 1.82) is 0 Å². The maximum absolute atomic E-state index is 12.2. The summed E-state index contributed by atoms with van der Waals surface area (Å²) in [5.41, 5.74) is -0.882. The van der Waals surface area contributed by atoms with Crippen LogP contribution in [0.1, 0.15) is 23.7 Å². The number of aromatic amines is 1. The zero-order chi connectivity index (χ0) is 20.4. The van der Waals surface area contributed by atoms with Crippen LogP contribution >= 0.6 is 0 Å². The molecule has 0 atom stereocenters. The van der Waals surface area contributed by atoms with Crippen LogP contribution in [0.15, 0.2) is 41.2 Å². The Bertz CT molecular complexity index is 1180. The fraction of sp³-hybridized carbons (Fsp3) is 0.111. The molecule has 0 spiro atoms. The Morgan fingerprint density at radius 1 is 1.14 bits per heavy atom. The Labute approximate surface area is 157 Å². The second kappa shape index (κ2) is 7.27. The molecule has 3 aromatic rings. The number of hydrogen-bond donors (Lipinski definition) is 2. The highest BCUT2D eigenvalue weighted by atomic mass is 16.6. The van der Waals surface area contributed by atoms with Crippen LogP contribution in [-0.2, 0) is 6.42 Å². The molecular formula is C18H14N4O6. The molecule has 28 heavy (non-hydrogen) atoms. The number of nitrogens with one attached hydrogen (secondary N) is 1. The van der Waals surface area contributed by atoms with Gasteiger partial charge in [0.1, 0.15) is 11.5 Å². The molecule has 2 N–H and O–H groups in total. The normalized spacial score (nSPS) is 11.5. The van der Waals surface area contributed by atoms with Crippen molar-refractivity contribution in [2.45, 2.75) is 13.3 Å². The summed E-state index contributed by atoms with van der Waals surface area (Å²) in [5, 5.41) is 32.4. The van der Waals surface area contributed by atoms with Crippen molar-refractivity contribution in [2.75, 3.05) is 0 Å². The number of aliphatic hydroxyl groups excluding tert-OH is 1. The van der Waals surface area contributed by atoms with Crippen molar-refractivity contribution in [3.8, 4) is 0 Å². The van der Waals surface area contributed by atoms with Gasteiger partial charge >= 0.3 is 11.4 Å². The first-order valence-electron chi connectivity index (χ1n) is 8.17. The molecule has 0 unspecified atom stereocenters. The maximum Gasteiger partial charge on any atom is 0.348 e. The molecule has 0 saturated heterocycles. The molecule has 10 nitrogen and oxygen atoms in total. The third kappa shape index (κ3) is 3.56. The molecular weight excluding hydrogens is 368 g/mol. The summed E-state index contributed by atoms with van der Waals surface area (Å²) in [4.78, 5) is 38.9. The lowest BCUT2D eigenvalue weighted by Gasteiger charge is -2.03. The highest BCUT2D eigenvalue weighted by molar-refractivity contribution is 5.84. The SMILES string of the molecule is CCc1ccc(/C(O)=C/c2nc3cc([N+](=O)[O-])c([N+](=O)[O-])cc3[nH]c2=O)cc1. The molecule has 0 radical (unpaired) electrons. The Balaban J connectivity index is 2.12. The second-order valence-electron chi connectivity index (χ2n) is 5.90. The summed E-state index contributed by atoms with van der Waals surface area (Å²) >= 11 is 0. The van der Waals surface area contributed by atoms with E-state index in [-0.39, 0.29) is 22.5 Å². The lowest BCUT2D eigenvalue weighted by atomic mass is 10.1. The van der Waals surface area contributed by atoms with Gasteiger partial charge in [0.25, 0.3) is 5.56 Å². The summed E-state index contributed by atoms with van der Waals surface area (Å²) < 4.78 is 0. The van der Waals surface area contributed by atoms with Crippen LogP contribution in [0, 0.1) is 20.2 Å². The third-order valence-electron chi connectivity index (χ3n) is 4.14. The molecule has 3 rings (SSSR count). The molecule has 0 aliphatic carbocycles. The van der Waals surface area contributed by atoms with Gasteiger partial charge in [-0.25, -0.2) is 4.98 Å². The van der Waals surface area contributed by atoms with Crippen LogP contribution in [0.3, 0.4) is 0 Å². The van der Waals surface area contributed by atoms with Crippen molar-refractivity contribution >= 4 is 34.2 Å². The number of nitrogens with zero attached hydrogens (tertiary/aromatic N) is 3. The number of benzene rings is 2. The maximum atomic E-state index is 12.2. The molecule has 0 amide bonds. The first kappa shape index (κ1) is 18.7. The van der Waals surface area contributed by atoms with E-state index in [2.05, 4.69) is 9.97 Å². The van der Waals surface area contributed by atoms with Crippen LogP contribution < -0.4 is 5.56 Å². The Hall–Kier alpha value is -4.08. The standard InChI is InChI=1S/C18H14N4O6/c1-2-10-3-5-11(6-4-10)17(23)9-14-18(24)20-13-8-16(22(27)28)15(21(25)26)7-12(13)19-14/h3-9,23H,2H2,1H3,(H,20,24)/b17-9-. The average molecular weight is 382 g/mol. The van der Waals surface area contributed by atoms with E-state index in [0.29, 0.717) is 5.56 Å². The van der Waals surface area contributed by atoms with E-state index in [1.165, 1.54) is 0 Å². The molecule has 0 saturated carbocycles. The van der Waals surface area contributed by atoms with Crippen LogP contribution in [0.25, 0.3) is 22.9 Å². The van der Waals surface area contributed by atoms with E-state index in [4.69, 9.17) is 0 Å². The first-order valence-corrected chi connectivity index (χ1v) is 8.17. The van der Waals surface area contributed by atoms with Crippen molar-refractivity contribution in [1.82, 2.24) is 9.97 Å². The van der Waals surface area contributed by atoms with E-state index in [1.807, 2.05) is 19.1 Å². The molecule has 2 aromatic carbocycles. The third-order valence-corrected chi connectivity index (χ3v) is 4.14. The second-order valence-corrected chi connectivity index (χ2v) is 5.90. The van der Waals surface area contributed by atoms with Gasteiger partial charge in [0.2, 0.25) is 0 Å². The number of H-pyrrole nitrogens is 1. The van der Waals surface area contributed by atoms with Gasteiger partial charge in [-0.05, 0) is 12.0 Å². The molecule has 0 aliphatic heterocycles. The molecule has 142 valence electrons. The predicted octanol–water partition coefficient (Wildman–Crippen LogP) is 3.36. The number of nitro groups is 2. The zero-order valence-corrected chi connectivity index (χ0v) is 14.6. The van der Waals surface area contributed by atoms with Gasteiger partial charge in [-0.15, -0.1) is 0 Å². The largest absolute Gasteiger partial charge is 0.507 e. The minimum Gasteiger partial charge on any atom is -0.507 e. The average Bonchev–Trinajstić information content (AvgIpc) is 2.67. The lowest BCUT2D eigenvalue weighted by Crippen LogP contribution is -2.12. The Morgan fingerprint density at radius 3 is 2.32 bits per heavy atom. The summed E-state index contributed by atoms with van der Waals surface area (Å²) in [6.07, 6.45) is 1.97. The molecule has 0 aliphatic rings. The summed E-state index contributed by atoms with van der Waals surface area (Å²) in [5.74, 6) is -0.212. The van der Waals surface area contributed by atoms with E-state index in [9.17, 15) is 30.1 Å².